The normalized spacial score (nSPS) is 21.9. The first-order valence-corrected chi connectivity index (χ1v) is 7.68. The molecule has 3 rings (SSSR count). The number of aromatic nitrogens is 2. The van der Waals surface area contributed by atoms with Crippen LogP contribution in [-0.2, 0) is 17.6 Å². The SMILES string of the molecule is C=CC(=O)N1CCN(c2ncnc3c2CC(C)CC3)CC1. The van der Waals surface area contributed by atoms with Crippen molar-refractivity contribution in [1.82, 2.24) is 14.9 Å². The summed E-state index contributed by atoms with van der Waals surface area (Å²) in [5, 5.41) is 0. The summed E-state index contributed by atoms with van der Waals surface area (Å²) in [5.41, 5.74) is 2.53. The Kier molecular flexibility index (Phi) is 3.90. The predicted molar refractivity (Wildman–Crippen MR) is 82.2 cm³/mol. The van der Waals surface area contributed by atoms with E-state index in [1.54, 1.807) is 6.33 Å². The summed E-state index contributed by atoms with van der Waals surface area (Å²) in [6, 6.07) is 0. The number of carbonyl (C=O) groups is 1. The van der Waals surface area contributed by atoms with Gasteiger partial charge >= 0.3 is 0 Å². The molecule has 0 bridgehead atoms. The molecule has 112 valence electrons. The first-order chi connectivity index (χ1) is 10.2. The second-order valence-corrected chi connectivity index (χ2v) is 5.99. The first-order valence-electron chi connectivity index (χ1n) is 7.68. The van der Waals surface area contributed by atoms with Crippen molar-refractivity contribution < 1.29 is 4.79 Å². The Morgan fingerprint density at radius 1 is 1.33 bits per heavy atom. The molecule has 21 heavy (non-hydrogen) atoms. The molecule has 5 heteroatoms. The number of carbonyl (C=O) groups excluding carboxylic acids is 1. The Morgan fingerprint density at radius 3 is 2.81 bits per heavy atom. The molecule has 1 atom stereocenters. The van der Waals surface area contributed by atoms with Crippen LogP contribution in [0.25, 0.3) is 0 Å². The van der Waals surface area contributed by atoms with Crippen molar-refractivity contribution in [2.24, 2.45) is 5.92 Å². The fraction of sp³-hybridized carbons (Fsp3) is 0.562. The molecule has 0 N–H and O–H groups in total. The highest BCUT2D eigenvalue weighted by molar-refractivity contribution is 5.87. The lowest BCUT2D eigenvalue weighted by Crippen LogP contribution is -2.49. The van der Waals surface area contributed by atoms with Gasteiger partial charge in [-0.3, -0.25) is 4.79 Å². The number of anilines is 1. The van der Waals surface area contributed by atoms with E-state index in [4.69, 9.17) is 0 Å². The lowest BCUT2D eigenvalue weighted by molar-refractivity contribution is -0.126. The fourth-order valence-corrected chi connectivity index (χ4v) is 3.24. The average molecular weight is 286 g/mol. The third-order valence-corrected chi connectivity index (χ3v) is 4.50. The zero-order chi connectivity index (χ0) is 14.8. The van der Waals surface area contributed by atoms with E-state index in [9.17, 15) is 4.79 Å². The number of hydrogen-bond donors (Lipinski definition) is 0. The van der Waals surface area contributed by atoms with Crippen LogP contribution in [0, 0.1) is 5.92 Å². The quantitative estimate of drug-likeness (QED) is 0.772. The largest absolute Gasteiger partial charge is 0.353 e. The second kappa shape index (κ2) is 5.84. The van der Waals surface area contributed by atoms with E-state index in [1.807, 2.05) is 4.90 Å². The van der Waals surface area contributed by atoms with Crippen molar-refractivity contribution in [3.05, 3.63) is 30.2 Å². The van der Waals surface area contributed by atoms with E-state index < -0.39 is 0 Å². The van der Waals surface area contributed by atoms with Crippen LogP contribution in [-0.4, -0.2) is 47.0 Å². The van der Waals surface area contributed by atoms with Gasteiger partial charge in [-0.15, -0.1) is 0 Å². The number of hydrogen-bond acceptors (Lipinski definition) is 4. The highest BCUT2D eigenvalue weighted by Gasteiger charge is 2.26. The van der Waals surface area contributed by atoms with Crippen molar-refractivity contribution in [2.45, 2.75) is 26.2 Å². The van der Waals surface area contributed by atoms with Crippen LogP contribution >= 0.6 is 0 Å². The van der Waals surface area contributed by atoms with Gasteiger partial charge in [0.05, 0.1) is 0 Å². The number of aryl methyl sites for hydroxylation is 1. The number of fused-ring (bicyclic) bond motifs is 1. The lowest BCUT2D eigenvalue weighted by Gasteiger charge is -2.36. The maximum atomic E-state index is 11.6. The Labute approximate surface area is 125 Å². The first kappa shape index (κ1) is 14.0. The van der Waals surface area contributed by atoms with Crippen LogP contribution in [0.1, 0.15) is 24.6 Å². The van der Waals surface area contributed by atoms with E-state index in [0.29, 0.717) is 5.92 Å². The van der Waals surface area contributed by atoms with Gasteiger partial charge in [-0.25, -0.2) is 9.97 Å². The van der Waals surface area contributed by atoms with Gasteiger partial charge in [-0.05, 0) is 31.3 Å². The average Bonchev–Trinajstić information content (AvgIpc) is 2.53. The Balaban J connectivity index is 1.77. The minimum Gasteiger partial charge on any atom is -0.353 e. The molecule has 0 saturated carbocycles. The minimum absolute atomic E-state index is 0.0213. The van der Waals surface area contributed by atoms with Crippen LogP contribution in [0.15, 0.2) is 19.0 Å². The number of nitrogens with zero attached hydrogens (tertiary/aromatic N) is 4. The van der Waals surface area contributed by atoms with Gasteiger partial charge in [0.1, 0.15) is 12.1 Å². The van der Waals surface area contributed by atoms with Gasteiger partial charge in [-0.1, -0.05) is 13.5 Å². The molecule has 0 aromatic carbocycles. The highest BCUT2D eigenvalue weighted by Crippen LogP contribution is 2.30. The summed E-state index contributed by atoms with van der Waals surface area (Å²) in [6.07, 6.45) is 6.42. The molecule has 1 unspecified atom stereocenters. The summed E-state index contributed by atoms with van der Waals surface area (Å²) in [4.78, 5) is 24.8. The predicted octanol–water partition coefficient (Wildman–Crippen LogP) is 1.44. The van der Waals surface area contributed by atoms with Gasteiger partial charge in [0.2, 0.25) is 5.91 Å². The summed E-state index contributed by atoms with van der Waals surface area (Å²) in [5.74, 6) is 1.80. The molecule has 2 heterocycles. The molecule has 0 spiro atoms. The fourth-order valence-electron chi connectivity index (χ4n) is 3.24. The van der Waals surface area contributed by atoms with Crippen molar-refractivity contribution >= 4 is 11.7 Å². The van der Waals surface area contributed by atoms with Crippen LogP contribution in [0.4, 0.5) is 5.82 Å². The third kappa shape index (κ3) is 2.77. The van der Waals surface area contributed by atoms with Crippen LogP contribution < -0.4 is 4.90 Å². The van der Waals surface area contributed by atoms with E-state index >= 15 is 0 Å². The third-order valence-electron chi connectivity index (χ3n) is 4.50. The van der Waals surface area contributed by atoms with Crippen molar-refractivity contribution in [3.8, 4) is 0 Å². The smallest absolute Gasteiger partial charge is 0.246 e. The maximum Gasteiger partial charge on any atom is 0.246 e. The summed E-state index contributed by atoms with van der Waals surface area (Å²) in [7, 11) is 0. The molecule has 1 aromatic heterocycles. The van der Waals surface area contributed by atoms with Crippen molar-refractivity contribution in [2.75, 3.05) is 31.1 Å². The summed E-state index contributed by atoms with van der Waals surface area (Å²) >= 11 is 0. The Morgan fingerprint density at radius 2 is 2.10 bits per heavy atom. The maximum absolute atomic E-state index is 11.6. The van der Waals surface area contributed by atoms with Gasteiger partial charge in [0.15, 0.2) is 0 Å². The van der Waals surface area contributed by atoms with Crippen molar-refractivity contribution in [3.63, 3.8) is 0 Å². The van der Waals surface area contributed by atoms with Gasteiger partial charge < -0.3 is 9.80 Å². The molecule has 1 aliphatic carbocycles. The zero-order valence-corrected chi connectivity index (χ0v) is 12.6. The van der Waals surface area contributed by atoms with Crippen molar-refractivity contribution in [1.29, 1.82) is 0 Å². The Bertz CT molecular complexity index is 549. The second-order valence-electron chi connectivity index (χ2n) is 5.99. The molecule has 1 fully saturated rings. The molecule has 1 aliphatic heterocycles. The zero-order valence-electron chi connectivity index (χ0n) is 12.6. The summed E-state index contributed by atoms with van der Waals surface area (Å²) < 4.78 is 0. The van der Waals surface area contributed by atoms with Crippen LogP contribution in [0.5, 0.6) is 0 Å². The molecular formula is C16H22N4O. The highest BCUT2D eigenvalue weighted by atomic mass is 16.2. The van der Waals surface area contributed by atoms with E-state index in [-0.39, 0.29) is 5.91 Å². The van der Waals surface area contributed by atoms with Crippen LogP contribution in [0.2, 0.25) is 0 Å². The standard InChI is InChI=1S/C16H22N4O/c1-3-15(21)19-6-8-20(9-7-19)16-13-10-12(2)4-5-14(13)17-11-18-16/h3,11-12H,1,4-10H2,2H3. The van der Waals surface area contributed by atoms with E-state index in [0.717, 1.165) is 44.8 Å². The summed E-state index contributed by atoms with van der Waals surface area (Å²) in [6.45, 7) is 8.98. The lowest BCUT2D eigenvalue weighted by atomic mass is 9.88. The molecule has 1 aromatic rings. The molecular weight excluding hydrogens is 264 g/mol. The van der Waals surface area contributed by atoms with E-state index in [2.05, 4.69) is 28.4 Å². The monoisotopic (exact) mass is 286 g/mol. The molecule has 5 nitrogen and oxygen atoms in total. The molecule has 2 aliphatic rings. The molecule has 1 saturated heterocycles. The Hall–Kier alpha value is -1.91. The van der Waals surface area contributed by atoms with Gasteiger partial charge in [0, 0.05) is 37.4 Å². The minimum atomic E-state index is 0.0213. The molecule has 0 radical (unpaired) electrons. The van der Waals surface area contributed by atoms with Crippen LogP contribution in [0.3, 0.4) is 0 Å². The molecule has 1 amide bonds. The number of piperazine rings is 1. The van der Waals surface area contributed by atoms with Gasteiger partial charge in [-0.2, -0.15) is 0 Å². The number of amides is 1. The van der Waals surface area contributed by atoms with E-state index in [1.165, 1.54) is 23.8 Å². The topological polar surface area (TPSA) is 49.3 Å². The number of rotatable bonds is 2. The van der Waals surface area contributed by atoms with Gasteiger partial charge in [0.25, 0.3) is 0 Å².